The molecule has 1 N–H and O–H groups in total. The lowest BCUT2D eigenvalue weighted by atomic mass is 9.86. The van der Waals surface area contributed by atoms with Crippen molar-refractivity contribution < 1.29 is 9.53 Å². The average molecular weight is 343 g/mol. The van der Waals surface area contributed by atoms with Crippen molar-refractivity contribution in [2.24, 2.45) is 0 Å². The second-order valence-corrected chi connectivity index (χ2v) is 7.51. The van der Waals surface area contributed by atoms with Crippen LogP contribution in [0, 0.1) is 0 Å². The van der Waals surface area contributed by atoms with Crippen molar-refractivity contribution in [3.63, 3.8) is 0 Å². The van der Waals surface area contributed by atoms with Crippen molar-refractivity contribution in [1.82, 2.24) is 14.7 Å². The molecule has 2 heterocycles. The van der Waals surface area contributed by atoms with E-state index in [1.165, 1.54) is 0 Å². The third-order valence-electron chi connectivity index (χ3n) is 3.66. The van der Waals surface area contributed by atoms with E-state index in [1.807, 2.05) is 46.4 Å². The van der Waals surface area contributed by atoms with Gasteiger partial charge >= 0.3 is 0 Å². The van der Waals surface area contributed by atoms with E-state index >= 15 is 0 Å². The molecule has 6 heteroatoms. The molecule has 1 amide bonds. The van der Waals surface area contributed by atoms with Gasteiger partial charge in [-0.25, -0.2) is 4.98 Å². The SMILES string of the molecule is CC(C)(C)c1ccccc1OCC(=O)NCc1cn2ccsc2n1. The molecule has 5 nitrogen and oxygen atoms in total. The first-order valence-corrected chi connectivity index (χ1v) is 8.71. The van der Waals surface area contributed by atoms with E-state index in [0.29, 0.717) is 6.54 Å². The average Bonchev–Trinajstić information content (AvgIpc) is 3.11. The highest BCUT2D eigenvalue weighted by atomic mass is 32.1. The van der Waals surface area contributed by atoms with Crippen LogP contribution >= 0.6 is 11.3 Å². The minimum absolute atomic E-state index is 0.00465. The van der Waals surface area contributed by atoms with Gasteiger partial charge in [0.25, 0.3) is 5.91 Å². The molecule has 0 unspecified atom stereocenters. The van der Waals surface area contributed by atoms with Crippen LogP contribution in [0.15, 0.2) is 42.0 Å². The maximum Gasteiger partial charge on any atom is 0.258 e. The number of carbonyl (C=O) groups is 1. The molecule has 126 valence electrons. The van der Waals surface area contributed by atoms with Crippen LogP contribution in [0.3, 0.4) is 0 Å². The summed E-state index contributed by atoms with van der Waals surface area (Å²) in [7, 11) is 0. The van der Waals surface area contributed by atoms with E-state index in [2.05, 4.69) is 31.1 Å². The quantitative estimate of drug-likeness (QED) is 0.772. The number of nitrogens with zero attached hydrogens (tertiary/aromatic N) is 2. The van der Waals surface area contributed by atoms with E-state index < -0.39 is 0 Å². The van der Waals surface area contributed by atoms with Crippen molar-refractivity contribution in [2.75, 3.05) is 6.61 Å². The summed E-state index contributed by atoms with van der Waals surface area (Å²) in [6.45, 7) is 6.77. The Morgan fingerprint density at radius 2 is 2.12 bits per heavy atom. The highest BCUT2D eigenvalue weighted by Crippen LogP contribution is 2.30. The Labute approximate surface area is 145 Å². The van der Waals surface area contributed by atoms with Crippen LogP contribution in [-0.2, 0) is 16.8 Å². The number of ether oxygens (including phenoxy) is 1. The number of imidazole rings is 1. The van der Waals surface area contributed by atoms with Crippen molar-refractivity contribution in [1.29, 1.82) is 0 Å². The fraction of sp³-hybridized carbons (Fsp3) is 0.333. The van der Waals surface area contributed by atoms with Crippen LogP contribution in [0.1, 0.15) is 32.0 Å². The highest BCUT2D eigenvalue weighted by Gasteiger charge is 2.18. The zero-order chi connectivity index (χ0) is 17.2. The maximum atomic E-state index is 12.0. The van der Waals surface area contributed by atoms with E-state index in [1.54, 1.807) is 11.3 Å². The summed E-state index contributed by atoms with van der Waals surface area (Å²) < 4.78 is 7.67. The Kier molecular flexibility index (Phi) is 4.57. The molecule has 0 saturated heterocycles. The van der Waals surface area contributed by atoms with Gasteiger partial charge in [-0.2, -0.15) is 0 Å². The number of hydrogen-bond donors (Lipinski definition) is 1. The van der Waals surface area contributed by atoms with Crippen LogP contribution in [0.2, 0.25) is 0 Å². The number of rotatable bonds is 5. The van der Waals surface area contributed by atoms with Crippen molar-refractivity contribution >= 4 is 22.2 Å². The number of hydrogen-bond acceptors (Lipinski definition) is 4. The fourth-order valence-corrected chi connectivity index (χ4v) is 3.18. The van der Waals surface area contributed by atoms with E-state index in [-0.39, 0.29) is 17.9 Å². The smallest absolute Gasteiger partial charge is 0.258 e. The van der Waals surface area contributed by atoms with Crippen LogP contribution in [0.5, 0.6) is 5.75 Å². The van der Waals surface area contributed by atoms with Gasteiger partial charge in [-0.1, -0.05) is 39.0 Å². The summed E-state index contributed by atoms with van der Waals surface area (Å²) in [5.41, 5.74) is 1.90. The first kappa shape index (κ1) is 16.5. The minimum Gasteiger partial charge on any atom is -0.483 e. The predicted molar refractivity (Wildman–Crippen MR) is 95.6 cm³/mol. The van der Waals surface area contributed by atoms with E-state index in [9.17, 15) is 4.79 Å². The number of fused-ring (bicyclic) bond motifs is 1. The second-order valence-electron chi connectivity index (χ2n) is 6.64. The first-order chi connectivity index (χ1) is 11.4. The summed E-state index contributed by atoms with van der Waals surface area (Å²) >= 11 is 1.57. The maximum absolute atomic E-state index is 12.0. The molecule has 3 aromatic rings. The van der Waals surface area contributed by atoms with Gasteiger partial charge in [0, 0.05) is 17.8 Å². The van der Waals surface area contributed by atoms with Gasteiger partial charge in [-0.05, 0) is 17.0 Å². The summed E-state index contributed by atoms with van der Waals surface area (Å²) in [6.07, 6.45) is 3.87. The van der Waals surface area contributed by atoms with Gasteiger partial charge in [0.1, 0.15) is 5.75 Å². The standard InChI is InChI=1S/C18H21N3O2S/c1-18(2,3)14-6-4-5-7-15(14)23-12-16(22)19-10-13-11-21-8-9-24-17(21)20-13/h4-9,11H,10,12H2,1-3H3,(H,19,22). The minimum atomic E-state index is -0.157. The van der Waals surface area contributed by atoms with Gasteiger partial charge in [0.2, 0.25) is 0 Å². The predicted octanol–water partition coefficient (Wildman–Crippen LogP) is 3.39. The molecular weight excluding hydrogens is 322 g/mol. The van der Waals surface area contributed by atoms with Crippen LogP contribution < -0.4 is 10.1 Å². The molecule has 3 rings (SSSR count). The zero-order valence-corrected chi connectivity index (χ0v) is 14.9. The van der Waals surface area contributed by atoms with Gasteiger partial charge in [0.05, 0.1) is 12.2 Å². The molecule has 0 fully saturated rings. The molecule has 24 heavy (non-hydrogen) atoms. The summed E-state index contributed by atoms with van der Waals surface area (Å²) in [4.78, 5) is 17.4. The zero-order valence-electron chi connectivity index (χ0n) is 14.1. The third kappa shape index (κ3) is 3.76. The molecular formula is C18H21N3O2S. The molecule has 0 spiro atoms. The molecule has 0 atom stereocenters. The van der Waals surface area contributed by atoms with Crippen molar-refractivity contribution in [3.05, 3.63) is 53.3 Å². The highest BCUT2D eigenvalue weighted by molar-refractivity contribution is 7.15. The van der Waals surface area contributed by atoms with Crippen molar-refractivity contribution in [2.45, 2.75) is 32.7 Å². The number of carbonyl (C=O) groups excluding carboxylic acids is 1. The monoisotopic (exact) mass is 343 g/mol. The van der Waals surface area contributed by atoms with Gasteiger partial charge in [-0.3, -0.25) is 9.20 Å². The van der Waals surface area contributed by atoms with Crippen LogP contribution in [0.25, 0.3) is 4.96 Å². The summed E-state index contributed by atoms with van der Waals surface area (Å²) in [5.74, 6) is 0.595. The normalized spacial score (nSPS) is 11.6. The molecule has 0 aliphatic heterocycles. The number of aromatic nitrogens is 2. The van der Waals surface area contributed by atoms with Crippen molar-refractivity contribution in [3.8, 4) is 5.75 Å². The molecule has 0 saturated carbocycles. The summed E-state index contributed by atoms with van der Waals surface area (Å²) in [6, 6.07) is 7.83. The number of thiazole rings is 1. The largest absolute Gasteiger partial charge is 0.483 e. The van der Waals surface area contributed by atoms with Gasteiger partial charge < -0.3 is 10.1 Å². The first-order valence-electron chi connectivity index (χ1n) is 7.83. The number of nitrogens with one attached hydrogen (secondary N) is 1. The molecule has 0 aliphatic rings. The Morgan fingerprint density at radius 3 is 2.88 bits per heavy atom. The second kappa shape index (κ2) is 6.65. The lowest BCUT2D eigenvalue weighted by molar-refractivity contribution is -0.123. The van der Waals surface area contributed by atoms with E-state index in [0.717, 1.165) is 22.0 Å². The molecule has 0 radical (unpaired) electrons. The lowest BCUT2D eigenvalue weighted by Gasteiger charge is -2.22. The van der Waals surface area contributed by atoms with Crippen LogP contribution in [-0.4, -0.2) is 21.9 Å². The van der Waals surface area contributed by atoms with E-state index in [4.69, 9.17) is 4.74 Å². The fourth-order valence-electron chi connectivity index (χ4n) is 2.46. The van der Waals surface area contributed by atoms with Gasteiger partial charge in [-0.15, -0.1) is 11.3 Å². The number of benzene rings is 1. The Hall–Kier alpha value is -2.34. The molecule has 0 aliphatic carbocycles. The molecule has 1 aromatic carbocycles. The number of amides is 1. The number of para-hydroxylation sites is 1. The Balaban J connectivity index is 1.55. The molecule has 0 bridgehead atoms. The topological polar surface area (TPSA) is 55.6 Å². The van der Waals surface area contributed by atoms with Crippen LogP contribution in [0.4, 0.5) is 0 Å². The Morgan fingerprint density at radius 1 is 1.33 bits per heavy atom. The van der Waals surface area contributed by atoms with Gasteiger partial charge in [0.15, 0.2) is 11.6 Å². The molecule has 2 aromatic heterocycles. The lowest BCUT2D eigenvalue weighted by Crippen LogP contribution is -2.29. The summed E-state index contributed by atoms with van der Waals surface area (Å²) in [5, 5.41) is 4.82. The Bertz CT molecular complexity index is 817. The third-order valence-corrected chi connectivity index (χ3v) is 4.43.